The summed E-state index contributed by atoms with van der Waals surface area (Å²) in [5.41, 5.74) is 1.51. The van der Waals surface area contributed by atoms with Crippen LogP contribution in [0.15, 0.2) is 53.5 Å². The maximum Gasteiger partial charge on any atom is 0.371 e. The van der Waals surface area contributed by atoms with Crippen LogP contribution in [-0.4, -0.2) is 16.8 Å². The van der Waals surface area contributed by atoms with Crippen molar-refractivity contribution in [2.24, 2.45) is 0 Å². The standard InChI is InChI=1S/C16H15NO4/c1-12(21-16(20)11-18)14-7-8-15(19)17(10-14)9-13-5-3-2-4-6-13/h2-8,10-12H,9H2,1H3. The van der Waals surface area contributed by atoms with E-state index in [1.807, 2.05) is 30.3 Å². The van der Waals surface area contributed by atoms with Crippen LogP contribution in [0.25, 0.3) is 0 Å². The molecule has 0 spiro atoms. The molecule has 0 bridgehead atoms. The van der Waals surface area contributed by atoms with Gasteiger partial charge in [0.25, 0.3) is 5.56 Å². The Morgan fingerprint density at radius 1 is 1.24 bits per heavy atom. The van der Waals surface area contributed by atoms with Crippen molar-refractivity contribution in [1.82, 2.24) is 4.57 Å². The lowest BCUT2D eigenvalue weighted by molar-refractivity contribution is -0.152. The van der Waals surface area contributed by atoms with Crippen molar-refractivity contribution in [3.63, 3.8) is 0 Å². The minimum Gasteiger partial charge on any atom is -0.452 e. The number of ether oxygens (including phenoxy) is 1. The fourth-order valence-electron chi connectivity index (χ4n) is 1.96. The number of aromatic nitrogens is 1. The van der Waals surface area contributed by atoms with Gasteiger partial charge in [-0.2, -0.15) is 0 Å². The van der Waals surface area contributed by atoms with E-state index in [0.29, 0.717) is 12.1 Å². The minimum atomic E-state index is -0.927. The topological polar surface area (TPSA) is 65.4 Å². The highest BCUT2D eigenvalue weighted by Crippen LogP contribution is 2.15. The lowest BCUT2D eigenvalue weighted by Crippen LogP contribution is -2.21. The molecule has 0 aliphatic heterocycles. The summed E-state index contributed by atoms with van der Waals surface area (Å²) in [6.07, 6.45) is 1.17. The summed E-state index contributed by atoms with van der Waals surface area (Å²) in [4.78, 5) is 33.2. The first-order valence-corrected chi connectivity index (χ1v) is 6.50. The third kappa shape index (κ3) is 3.89. The van der Waals surface area contributed by atoms with Crippen molar-refractivity contribution >= 4 is 12.3 Å². The van der Waals surface area contributed by atoms with Crippen LogP contribution in [0.1, 0.15) is 24.2 Å². The molecule has 0 N–H and O–H groups in total. The predicted molar refractivity (Wildman–Crippen MR) is 76.8 cm³/mol. The molecule has 1 unspecified atom stereocenters. The third-order valence-corrected chi connectivity index (χ3v) is 3.06. The number of pyridine rings is 1. The molecule has 108 valence electrons. The van der Waals surface area contributed by atoms with Gasteiger partial charge in [0.2, 0.25) is 6.29 Å². The Bertz CT molecular complexity index is 691. The maximum atomic E-state index is 11.9. The molecular formula is C16H15NO4. The first-order valence-electron chi connectivity index (χ1n) is 6.50. The van der Waals surface area contributed by atoms with Gasteiger partial charge in [0.15, 0.2) is 0 Å². The van der Waals surface area contributed by atoms with Crippen molar-refractivity contribution in [2.45, 2.75) is 19.6 Å². The number of carbonyl (C=O) groups excluding carboxylic acids is 2. The number of hydrogen-bond donors (Lipinski definition) is 0. The summed E-state index contributed by atoms with van der Waals surface area (Å²) in [5, 5.41) is 0. The second kappa shape index (κ2) is 6.65. The van der Waals surface area contributed by atoms with Gasteiger partial charge in [-0.05, 0) is 18.6 Å². The normalized spacial score (nSPS) is 11.7. The summed E-state index contributed by atoms with van der Waals surface area (Å²) in [7, 11) is 0. The highest BCUT2D eigenvalue weighted by molar-refractivity contribution is 6.20. The van der Waals surface area contributed by atoms with Gasteiger partial charge < -0.3 is 9.30 Å². The van der Waals surface area contributed by atoms with Crippen LogP contribution >= 0.6 is 0 Å². The second-order valence-electron chi connectivity index (χ2n) is 4.61. The number of aldehydes is 1. The molecule has 5 nitrogen and oxygen atoms in total. The number of rotatable bonds is 5. The van der Waals surface area contributed by atoms with Crippen molar-refractivity contribution in [3.05, 3.63) is 70.1 Å². The largest absolute Gasteiger partial charge is 0.452 e. The van der Waals surface area contributed by atoms with Crippen LogP contribution in [0.5, 0.6) is 0 Å². The Balaban J connectivity index is 2.23. The van der Waals surface area contributed by atoms with Crippen molar-refractivity contribution < 1.29 is 14.3 Å². The smallest absolute Gasteiger partial charge is 0.371 e. The van der Waals surface area contributed by atoms with Gasteiger partial charge in [-0.1, -0.05) is 30.3 Å². The van der Waals surface area contributed by atoms with Crippen LogP contribution in [0, 0.1) is 0 Å². The number of hydrogen-bond acceptors (Lipinski definition) is 4. The molecular weight excluding hydrogens is 270 g/mol. The Kier molecular flexibility index (Phi) is 4.66. The van der Waals surface area contributed by atoms with Crippen LogP contribution in [0.2, 0.25) is 0 Å². The van der Waals surface area contributed by atoms with E-state index in [9.17, 15) is 14.4 Å². The first-order chi connectivity index (χ1) is 10.1. The molecule has 0 saturated carbocycles. The SMILES string of the molecule is CC(OC(=O)C=O)c1ccc(=O)n(Cc2ccccc2)c1. The molecule has 2 aromatic rings. The molecule has 1 aromatic heterocycles. The maximum absolute atomic E-state index is 11.9. The zero-order chi connectivity index (χ0) is 15.2. The monoisotopic (exact) mass is 285 g/mol. The van der Waals surface area contributed by atoms with Crippen LogP contribution in [0.4, 0.5) is 0 Å². The third-order valence-electron chi connectivity index (χ3n) is 3.06. The lowest BCUT2D eigenvalue weighted by atomic mass is 10.1. The average molecular weight is 285 g/mol. The van der Waals surface area contributed by atoms with Gasteiger partial charge in [-0.15, -0.1) is 0 Å². The van der Waals surface area contributed by atoms with Gasteiger partial charge >= 0.3 is 5.97 Å². The molecule has 21 heavy (non-hydrogen) atoms. The van der Waals surface area contributed by atoms with E-state index >= 15 is 0 Å². The fraction of sp³-hybridized carbons (Fsp3) is 0.188. The Hall–Kier alpha value is -2.69. The highest BCUT2D eigenvalue weighted by Gasteiger charge is 2.12. The number of carbonyl (C=O) groups is 2. The Labute approximate surface area is 121 Å². The van der Waals surface area contributed by atoms with Crippen molar-refractivity contribution in [1.29, 1.82) is 0 Å². The number of benzene rings is 1. The summed E-state index contributed by atoms with van der Waals surface area (Å²) in [5.74, 6) is -0.927. The molecule has 2 rings (SSSR count). The predicted octanol–water partition coefficient (Wildman–Crippen LogP) is 1.70. The minimum absolute atomic E-state index is 0.122. The van der Waals surface area contributed by atoms with E-state index in [4.69, 9.17) is 4.74 Å². The molecule has 1 atom stereocenters. The second-order valence-corrected chi connectivity index (χ2v) is 4.61. The van der Waals surface area contributed by atoms with E-state index in [1.165, 1.54) is 10.6 Å². The molecule has 0 saturated heterocycles. The van der Waals surface area contributed by atoms with E-state index in [1.54, 1.807) is 19.2 Å². The molecule has 0 radical (unpaired) electrons. The Morgan fingerprint density at radius 3 is 2.62 bits per heavy atom. The van der Waals surface area contributed by atoms with Crippen LogP contribution in [0.3, 0.4) is 0 Å². The molecule has 0 aliphatic rings. The van der Waals surface area contributed by atoms with Crippen LogP contribution < -0.4 is 5.56 Å². The average Bonchev–Trinajstić information content (AvgIpc) is 2.50. The highest BCUT2D eigenvalue weighted by atomic mass is 16.5. The van der Waals surface area contributed by atoms with Gasteiger partial charge in [0.1, 0.15) is 6.10 Å². The molecule has 0 fully saturated rings. The molecule has 5 heteroatoms. The first kappa shape index (κ1) is 14.7. The molecule has 1 aromatic carbocycles. The zero-order valence-corrected chi connectivity index (χ0v) is 11.6. The quantitative estimate of drug-likeness (QED) is 0.476. The van der Waals surface area contributed by atoms with Gasteiger partial charge in [0.05, 0.1) is 6.54 Å². The summed E-state index contributed by atoms with van der Waals surface area (Å²) >= 11 is 0. The summed E-state index contributed by atoms with van der Waals surface area (Å²) in [6.45, 7) is 2.08. The van der Waals surface area contributed by atoms with Crippen molar-refractivity contribution in [3.8, 4) is 0 Å². The Morgan fingerprint density at radius 2 is 1.95 bits per heavy atom. The van der Waals surface area contributed by atoms with Gasteiger partial charge in [0, 0.05) is 17.8 Å². The molecule has 1 heterocycles. The van der Waals surface area contributed by atoms with E-state index in [-0.39, 0.29) is 11.8 Å². The molecule has 0 aliphatic carbocycles. The lowest BCUT2D eigenvalue weighted by Gasteiger charge is -2.14. The van der Waals surface area contributed by atoms with E-state index < -0.39 is 12.1 Å². The van der Waals surface area contributed by atoms with E-state index in [0.717, 1.165) is 5.56 Å². The molecule has 0 amide bonds. The number of esters is 1. The zero-order valence-electron chi connectivity index (χ0n) is 11.6. The number of nitrogens with zero attached hydrogens (tertiary/aromatic N) is 1. The van der Waals surface area contributed by atoms with Crippen LogP contribution in [-0.2, 0) is 20.9 Å². The summed E-state index contributed by atoms with van der Waals surface area (Å²) in [6, 6.07) is 12.6. The van der Waals surface area contributed by atoms with Gasteiger partial charge in [-0.25, -0.2) is 4.79 Å². The van der Waals surface area contributed by atoms with E-state index in [2.05, 4.69) is 0 Å². The summed E-state index contributed by atoms with van der Waals surface area (Å²) < 4.78 is 6.45. The van der Waals surface area contributed by atoms with Gasteiger partial charge in [-0.3, -0.25) is 9.59 Å². The van der Waals surface area contributed by atoms with Crippen molar-refractivity contribution in [2.75, 3.05) is 0 Å². The fourth-order valence-corrected chi connectivity index (χ4v) is 1.96.